The summed E-state index contributed by atoms with van der Waals surface area (Å²) in [6, 6.07) is 15.7. The first-order valence-electron chi connectivity index (χ1n) is 5.75. The average molecular weight is 336 g/mol. The third kappa shape index (κ3) is 3.50. The number of benzene rings is 2. The second-order valence-corrected chi connectivity index (χ2v) is 5.61. The topological polar surface area (TPSA) is 27.0 Å². The Kier molecular flexibility index (Phi) is 4.47. The number of rotatable bonds is 3. The van der Waals surface area contributed by atoms with Gasteiger partial charge in [0.15, 0.2) is 0 Å². The first kappa shape index (κ1) is 13.9. The SMILES string of the molecule is CN(Cc1ccc(Br)cc1)c1ccc(Cl)cc1C#N. The van der Waals surface area contributed by atoms with Crippen LogP contribution in [-0.2, 0) is 6.54 Å². The molecule has 2 nitrogen and oxygen atoms in total. The first-order valence-corrected chi connectivity index (χ1v) is 6.92. The number of nitriles is 1. The van der Waals surface area contributed by atoms with Gasteiger partial charge in [0.25, 0.3) is 0 Å². The molecule has 0 unspecified atom stereocenters. The summed E-state index contributed by atoms with van der Waals surface area (Å²) in [6.07, 6.45) is 0. The summed E-state index contributed by atoms with van der Waals surface area (Å²) in [5.41, 5.74) is 2.66. The molecule has 0 aliphatic heterocycles. The number of halogens is 2. The third-order valence-corrected chi connectivity index (χ3v) is 3.59. The van der Waals surface area contributed by atoms with Crippen molar-refractivity contribution < 1.29 is 0 Å². The highest BCUT2D eigenvalue weighted by molar-refractivity contribution is 9.10. The second kappa shape index (κ2) is 6.10. The number of anilines is 1. The van der Waals surface area contributed by atoms with Crippen LogP contribution in [0, 0.1) is 11.3 Å². The lowest BCUT2D eigenvalue weighted by Crippen LogP contribution is -2.17. The Hall–Kier alpha value is -1.50. The largest absolute Gasteiger partial charge is 0.369 e. The zero-order valence-electron chi connectivity index (χ0n) is 10.4. The zero-order valence-corrected chi connectivity index (χ0v) is 12.7. The van der Waals surface area contributed by atoms with Crippen molar-refractivity contribution in [2.24, 2.45) is 0 Å². The van der Waals surface area contributed by atoms with Crippen molar-refractivity contribution >= 4 is 33.2 Å². The van der Waals surface area contributed by atoms with Gasteiger partial charge in [0.2, 0.25) is 0 Å². The molecule has 0 spiro atoms. The van der Waals surface area contributed by atoms with Gasteiger partial charge in [-0.3, -0.25) is 0 Å². The summed E-state index contributed by atoms with van der Waals surface area (Å²) >= 11 is 9.32. The van der Waals surface area contributed by atoms with Gasteiger partial charge in [-0.2, -0.15) is 5.26 Å². The van der Waals surface area contributed by atoms with Crippen LogP contribution < -0.4 is 4.90 Å². The quantitative estimate of drug-likeness (QED) is 0.819. The van der Waals surface area contributed by atoms with E-state index in [-0.39, 0.29) is 0 Å². The Labute approximate surface area is 126 Å². The molecule has 0 amide bonds. The van der Waals surface area contributed by atoms with Crippen molar-refractivity contribution in [3.63, 3.8) is 0 Å². The second-order valence-electron chi connectivity index (χ2n) is 4.26. The van der Waals surface area contributed by atoms with Crippen LogP contribution in [0.1, 0.15) is 11.1 Å². The smallest absolute Gasteiger partial charge is 0.101 e. The molecule has 2 rings (SSSR count). The van der Waals surface area contributed by atoms with Crippen LogP contribution in [0.25, 0.3) is 0 Å². The summed E-state index contributed by atoms with van der Waals surface area (Å²) in [4.78, 5) is 2.04. The van der Waals surface area contributed by atoms with Crippen molar-refractivity contribution in [2.45, 2.75) is 6.54 Å². The van der Waals surface area contributed by atoms with Crippen LogP contribution in [0.5, 0.6) is 0 Å². The fourth-order valence-corrected chi connectivity index (χ4v) is 2.32. The van der Waals surface area contributed by atoms with Gasteiger partial charge in [0.05, 0.1) is 11.3 Å². The highest BCUT2D eigenvalue weighted by atomic mass is 79.9. The van der Waals surface area contributed by atoms with Gasteiger partial charge in [-0.15, -0.1) is 0 Å². The van der Waals surface area contributed by atoms with Crippen molar-refractivity contribution in [3.05, 3.63) is 63.1 Å². The lowest BCUT2D eigenvalue weighted by Gasteiger charge is -2.20. The molecule has 4 heteroatoms. The highest BCUT2D eigenvalue weighted by Gasteiger charge is 2.08. The van der Waals surface area contributed by atoms with Crippen LogP contribution in [0.4, 0.5) is 5.69 Å². The third-order valence-electron chi connectivity index (χ3n) is 2.82. The number of nitrogens with zero attached hydrogens (tertiary/aromatic N) is 2. The summed E-state index contributed by atoms with van der Waals surface area (Å²) in [6.45, 7) is 0.740. The standard InChI is InChI=1S/C15H12BrClN2/c1-19(10-11-2-4-13(16)5-3-11)15-7-6-14(17)8-12(15)9-18/h2-8H,10H2,1H3. The number of hydrogen-bond acceptors (Lipinski definition) is 2. The van der Waals surface area contributed by atoms with E-state index in [2.05, 4.69) is 34.1 Å². The van der Waals surface area contributed by atoms with Crippen molar-refractivity contribution in [2.75, 3.05) is 11.9 Å². The molecule has 0 aromatic heterocycles. The fourth-order valence-electron chi connectivity index (χ4n) is 1.88. The monoisotopic (exact) mass is 334 g/mol. The van der Waals surface area contributed by atoms with E-state index in [1.54, 1.807) is 12.1 Å². The van der Waals surface area contributed by atoms with E-state index in [1.165, 1.54) is 5.56 Å². The molecule has 0 atom stereocenters. The Balaban J connectivity index is 2.23. The summed E-state index contributed by atoms with van der Waals surface area (Å²) in [5.74, 6) is 0. The van der Waals surface area contributed by atoms with Crippen LogP contribution in [0.15, 0.2) is 46.9 Å². The van der Waals surface area contributed by atoms with Gasteiger partial charge in [-0.05, 0) is 35.9 Å². The molecule has 0 fully saturated rings. The molecule has 0 bridgehead atoms. The predicted octanol–water partition coefficient (Wildman–Crippen LogP) is 4.61. The molecule has 96 valence electrons. The predicted molar refractivity (Wildman–Crippen MR) is 82.4 cm³/mol. The van der Waals surface area contributed by atoms with E-state index in [4.69, 9.17) is 16.9 Å². The maximum absolute atomic E-state index is 9.15. The maximum atomic E-state index is 9.15. The Morgan fingerprint density at radius 1 is 1.21 bits per heavy atom. The van der Waals surface area contributed by atoms with E-state index in [0.717, 1.165) is 16.7 Å². The van der Waals surface area contributed by atoms with E-state index >= 15 is 0 Å². The molecule has 0 saturated carbocycles. The van der Waals surface area contributed by atoms with Crippen LogP contribution >= 0.6 is 27.5 Å². The molecule has 0 N–H and O–H groups in total. The van der Waals surface area contributed by atoms with Crippen molar-refractivity contribution in [3.8, 4) is 6.07 Å². The van der Waals surface area contributed by atoms with Crippen LogP contribution in [0.2, 0.25) is 5.02 Å². The van der Waals surface area contributed by atoms with Gasteiger partial charge in [0.1, 0.15) is 6.07 Å². The molecule has 0 aliphatic rings. The molecule has 0 radical (unpaired) electrons. The fraction of sp³-hybridized carbons (Fsp3) is 0.133. The Morgan fingerprint density at radius 3 is 2.53 bits per heavy atom. The van der Waals surface area contributed by atoms with Crippen molar-refractivity contribution in [1.82, 2.24) is 0 Å². The lowest BCUT2D eigenvalue weighted by atomic mass is 10.1. The first-order chi connectivity index (χ1) is 9.10. The van der Waals surface area contributed by atoms with Gasteiger partial charge in [0, 0.05) is 23.1 Å². The summed E-state index contributed by atoms with van der Waals surface area (Å²) < 4.78 is 1.06. The normalized spacial score (nSPS) is 10.0. The molecule has 0 heterocycles. The van der Waals surface area contributed by atoms with E-state index in [1.807, 2.05) is 30.1 Å². The van der Waals surface area contributed by atoms with Crippen LogP contribution in [0.3, 0.4) is 0 Å². The van der Waals surface area contributed by atoms with Gasteiger partial charge < -0.3 is 4.90 Å². The molecular formula is C15H12BrClN2. The maximum Gasteiger partial charge on any atom is 0.101 e. The molecular weight excluding hydrogens is 324 g/mol. The minimum Gasteiger partial charge on any atom is -0.369 e. The Morgan fingerprint density at radius 2 is 1.89 bits per heavy atom. The molecule has 2 aromatic rings. The molecule has 2 aromatic carbocycles. The van der Waals surface area contributed by atoms with E-state index < -0.39 is 0 Å². The summed E-state index contributed by atoms with van der Waals surface area (Å²) in [7, 11) is 1.96. The lowest BCUT2D eigenvalue weighted by molar-refractivity contribution is 0.920. The van der Waals surface area contributed by atoms with Gasteiger partial charge >= 0.3 is 0 Å². The van der Waals surface area contributed by atoms with Crippen LogP contribution in [-0.4, -0.2) is 7.05 Å². The minimum atomic E-state index is 0.581. The minimum absolute atomic E-state index is 0.581. The highest BCUT2D eigenvalue weighted by Crippen LogP contribution is 2.24. The van der Waals surface area contributed by atoms with Crippen molar-refractivity contribution in [1.29, 1.82) is 5.26 Å². The zero-order chi connectivity index (χ0) is 13.8. The molecule has 19 heavy (non-hydrogen) atoms. The van der Waals surface area contributed by atoms with E-state index in [0.29, 0.717) is 10.6 Å². The average Bonchev–Trinajstić information content (AvgIpc) is 2.41. The van der Waals surface area contributed by atoms with Gasteiger partial charge in [-0.25, -0.2) is 0 Å². The molecule has 0 aliphatic carbocycles. The summed E-state index contributed by atoms with van der Waals surface area (Å²) in [5, 5.41) is 9.73. The molecule has 0 saturated heterocycles. The van der Waals surface area contributed by atoms with Gasteiger partial charge in [-0.1, -0.05) is 39.7 Å². The Bertz CT molecular complexity index is 617. The van der Waals surface area contributed by atoms with E-state index in [9.17, 15) is 0 Å². The number of hydrogen-bond donors (Lipinski definition) is 0.